The molecule has 19 heavy (non-hydrogen) atoms. The molecule has 0 aromatic heterocycles. The highest BCUT2D eigenvalue weighted by molar-refractivity contribution is 7.89. The van der Waals surface area contributed by atoms with Crippen molar-refractivity contribution in [3.63, 3.8) is 0 Å². The number of rotatable bonds is 6. The number of hydrogen-bond acceptors (Lipinski definition) is 4. The highest BCUT2D eigenvalue weighted by atomic mass is 32.2. The molecule has 1 aromatic rings. The van der Waals surface area contributed by atoms with Crippen LogP contribution in [0.25, 0.3) is 0 Å². The predicted molar refractivity (Wildman–Crippen MR) is 76.6 cm³/mol. The van der Waals surface area contributed by atoms with Gasteiger partial charge in [0.1, 0.15) is 0 Å². The maximum atomic E-state index is 12.4. The minimum atomic E-state index is -3.58. The number of aryl methyl sites for hydroxylation is 1. The lowest BCUT2D eigenvalue weighted by Crippen LogP contribution is -2.37. The molecule has 6 heteroatoms. The van der Waals surface area contributed by atoms with Crippen LogP contribution in [0.2, 0.25) is 0 Å². The van der Waals surface area contributed by atoms with E-state index in [1.165, 1.54) is 6.07 Å². The van der Waals surface area contributed by atoms with Crippen molar-refractivity contribution < 1.29 is 13.2 Å². The van der Waals surface area contributed by atoms with E-state index < -0.39 is 10.0 Å². The van der Waals surface area contributed by atoms with Crippen molar-refractivity contribution in [3.8, 4) is 0 Å². The third-order valence-corrected chi connectivity index (χ3v) is 4.76. The van der Waals surface area contributed by atoms with E-state index in [2.05, 4.69) is 4.72 Å². The molecule has 0 aliphatic heterocycles. The first-order valence-corrected chi connectivity index (χ1v) is 7.68. The summed E-state index contributed by atoms with van der Waals surface area (Å²) in [5.41, 5.74) is 7.76. The maximum absolute atomic E-state index is 12.4. The monoisotopic (exact) mass is 286 g/mol. The van der Waals surface area contributed by atoms with Gasteiger partial charge in [0.2, 0.25) is 10.0 Å². The molecule has 1 unspecified atom stereocenters. The Hall–Kier alpha value is -1.11. The SMILES string of the molecule is CCC(COC)NS(=O)(=O)c1cc(N)cc(C)c1C. The quantitative estimate of drug-likeness (QED) is 0.778. The molecule has 0 aliphatic rings. The second-order valence-electron chi connectivity index (χ2n) is 4.64. The van der Waals surface area contributed by atoms with Gasteiger partial charge in [-0.2, -0.15) is 0 Å². The van der Waals surface area contributed by atoms with E-state index in [0.29, 0.717) is 24.3 Å². The molecule has 0 bridgehead atoms. The molecule has 1 atom stereocenters. The number of ether oxygens (including phenoxy) is 1. The Kier molecular flexibility index (Phi) is 5.34. The largest absolute Gasteiger partial charge is 0.399 e. The molecule has 1 aromatic carbocycles. The van der Waals surface area contributed by atoms with Crippen LogP contribution >= 0.6 is 0 Å². The summed E-state index contributed by atoms with van der Waals surface area (Å²) in [6.45, 7) is 5.87. The topological polar surface area (TPSA) is 81.4 Å². The Morgan fingerprint density at radius 2 is 2.00 bits per heavy atom. The lowest BCUT2D eigenvalue weighted by atomic mass is 10.1. The first-order chi connectivity index (χ1) is 8.81. The van der Waals surface area contributed by atoms with Crippen LogP contribution in [0.3, 0.4) is 0 Å². The van der Waals surface area contributed by atoms with Crippen LogP contribution in [0.4, 0.5) is 5.69 Å². The zero-order valence-electron chi connectivity index (χ0n) is 11.9. The third kappa shape index (κ3) is 3.92. The zero-order valence-corrected chi connectivity index (χ0v) is 12.7. The lowest BCUT2D eigenvalue weighted by Gasteiger charge is -2.18. The second kappa shape index (κ2) is 6.36. The minimum absolute atomic E-state index is 0.236. The van der Waals surface area contributed by atoms with Gasteiger partial charge in [-0.3, -0.25) is 0 Å². The van der Waals surface area contributed by atoms with Gasteiger partial charge in [0, 0.05) is 18.8 Å². The fourth-order valence-electron chi connectivity index (χ4n) is 1.85. The molecule has 5 nitrogen and oxygen atoms in total. The summed E-state index contributed by atoms with van der Waals surface area (Å²) in [5, 5.41) is 0. The fraction of sp³-hybridized carbons (Fsp3) is 0.538. The van der Waals surface area contributed by atoms with Gasteiger partial charge >= 0.3 is 0 Å². The van der Waals surface area contributed by atoms with Gasteiger partial charge in [0.15, 0.2) is 0 Å². The van der Waals surface area contributed by atoms with Gasteiger partial charge in [-0.15, -0.1) is 0 Å². The molecule has 0 saturated carbocycles. The first-order valence-electron chi connectivity index (χ1n) is 6.19. The van der Waals surface area contributed by atoms with Crippen molar-refractivity contribution in [2.45, 2.75) is 38.1 Å². The summed E-state index contributed by atoms with van der Waals surface area (Å²) >= 11 is 0. The highest BCUT2D eigenvalue weighted by Crippen LogP contribution is 2.22. The molecule has 1 rings (SSSR count). The number of nitrogen functional groups attached to an aromatic ring is 1. The van der Waals surface area contributed by atoms with Gasteiger partial charge in [0.25, 0.3) is 0 Å². The Morgan fingerprint density at radius 3 is 2.53 bits per heavy atom. The Balaban J connectivity index is 3.13. The fourth-order valence-corrected chi connectivity index (χ4v) is 3.51. The molecule has 0 fully saturated rings. The van der Waals surface area contributed by atoms with Gasteiger partial charge < -0.3 is 10.5 Å². The van der Waals surface area contributed by atoms with Crippen molar-refractivity contribution in [2.75, 3.05) is 19.5 Å². The van der Waals surface area contributed by atoms with E-state index >= 15 is 0 Å². The molecule has 0 aliphatic carbocycles. The van der Waals surface area contributed by atoms with Crippen LogP contribution in [0.5, 0.6) is 0 Å². The van der Waals surface area contributed by atoms with E-state index in [-0.39, 0.29) is 10.9 Å². The number of anilines is 1. The Labute approximate surface area is 115 Å². The number of nitrogens with two attached hydrogens (primary N) is 1. The molecule has 3 N–H and O–H groups in total. The van der Waals surface area contributed by atoms with Crippen molar-refractivity contribution in [1.29, 1.82) is 0 Å². The molecule has 0 radical (unpaired) electrons. The van der Waals surface area contributed by atoms with Crippen LogP contribution in [0.15, 0.2) is 17.0 Å². The minimum Gasteiger partial charge on any atom is -0.399 e. The zero-order chi connectivity index (χ0) is 14.6. The summed E-state index contributed by atoms with van der Waals surface area (Å²) in [4.78, 5) is 0.236. The normalized spacial score (nSPS) is 13.5. The maximum Gasteiger partial charge on any atom is 0.241 e. The number of nitrogens with one attached hydrogen (secondary N) is 1. The average Bonchev–Trinajstić information content (AvgIpc) is 2.32. The summed E-state index contributed by atoms with van der Waals surface area (Å²) in [6.07, 6.45) is 0.660. The van der Waals surface area contributed by atoms with Crippen LogP contribution < -0.4 is 10.5 Å². The van der Waals surface area contributed by atoms with Crippen molar-refractivity contribution in [2.24, 2.45) is 0 Å². The number of benzene rings is 1. The van der Waals surface area contributed by atoms with Crippen LogP contribution in [0, 0.1) is 13.8 Å². The van der Waals surface area contributed by atoms with Gasteiger partial charge in [-0.1, -0.05) is 6.92 Å². The van der Waals surface area contributed by atoms with Crippen molar-refractivity contribution >= 4 is 15.7 Å². The average molecular weight is 286 g/mol. The van der Waals surface area contributed by atoms with Gasteiger partial charge in [0.05, 0.1) is 11.5 Å². The lowest BCUT2D eigenvalue weighted by molar-refractivity contribution is 0.173. The summed E-state index contributed by atoms with van der Waals surface area (Å²) < 4.78 is 32.4. The van der Waals surface area contributed by atoms with Crippen molar-refractivity contribution in [1.82, 2.24) is 4.72 Å². The standard InChI is InChI=1S/C13H22N2O3S/c1-5-12(8-18-4)15-19(16,17)13-7-11(14)6-9(2)10(13)3/h6-7,12,15H,5,8,14H2,1-4H3. The number of methoxy groups -OCH3 is 1. The molecule has 0 amide bonds. The molecule has 0 saturated heterocycles. The van der Waals surface area contributed by atoms with Crippen LogP contribution in [0.1, 0.15) is 24.5 Å². The molecule has 0 spiro atoms. The van der Waals surface area contributed by atoms with E-state index in [1.807, 2.05) is 13.8 Å². The number of hydrogen-bond donors (Lipinski definition) is 2. The van der Waals surface area contributed by atoms with Gasteiger partial charge in [-0.05, 0) is 43.5 Å². The van der Waals surface area contributed by atoms with E-state index in [1.54, 1.807) is 20.1 Å². The molecular formula is C13H22N2O3S. The Morgan fingerprint density at radius 1 is 1.37 bits per heavy atom. The highest BCUT2D eigenvalue weighted by Gasteiger charge is 2.22. The van der Waals surface area contributed by atoms with Crippen LogP contribution in [-0.4, -0.2) is 28.2 Å². The third-order valence-electron chi connectivity index (χ3n) is 3.11. The number of sulfonamides is 1. The van der Waals surface area contributed by atoms with E-state index in [4.69, 9.17) is 10.5 Å². The summed E-state index contributed by atoms with van der Waals surface area (Å²) in [5.74, 6) is 0. The first kappa shape index (κ1) is 15.9. The summed E-state index contributed by atoms with van der Waals surface area (Å²) in [7, 11) is -2.03. The van der Waals surface area contributed by atoms with Crippen LogP contribution in [-0.2, 0) is 14.8 Å². The van der Waals surface area contributed by atoms with Crippen molar-refractivity contribution in [3.05, 3.63) is 23.3 Å². The van der Waals surface area contributed by atoms with E-state index in [9.17, 15) is 8.42 Å². The van der Waals surface area contributed by atoms with E-state index in [0.717, 1.165) is 5.56 Å². The second-order valence-corrected chi connectivity index (χ2v) is 6.33. The molecule has 108 valence electrons. The van der Waals surface area contributed by atoms with Gasteiger partial charge in [-0.25, -0.2) is 13.1 Å². The Bertz CT molecular complexity index is 541. The molecule has 0 heterocycles. The summed E-state index contributed by atoms with van der Waals surface area (Å²) in [6, 6.07) is 3.02. The smallest absolute Gasteiger partial charge is 0.241 e. The predicted octanol–water partition coefficient (Wildman–Crippen LogP) is 1.59. The molecular weight excluding hydrogens is 264 g/mol.